The molecule has 0 radical (unpaired) electrons. The number of Topliss-reactive ketones (excluding diaryl/α,β-unsaturated/α-hetero) is 1. The monoisotopic (exact) mass is 401 g/mol. The first kappa shape index (κ1) is 23.0. The normalized spacial score (nSPS) is 11.1. The third kappa shape index (κ3) is 5.97. The molecule has 1 rings (SSSR count). The van der Waals surface area contributed by atoms with Crippen LogP contribution in [0.3, 0.4) is 0 Å². The third-order valence-corrected chi connectivity index (χ3v) is 5.53. The maximum atomic E-state index is 12.3. The lowest BCUT2D eigenvalue weighted by molar-refractivity contribution is -0.125. The minimum absolute atomic E-state index is 0.0166. The Bertz CT molecular complexity index is 738. The lowest BCUT2D eigenvalue weighted by Crippen LogP contribution is -2.27. The van der Waals surface area contributed by atoms with Crippen molar-refractivity contribution in [3.05, 3.63) is 23.8 Å². The minimum atomic E-state index is -3.95. The molecule has 0 saturated heterocycles. The van der Waals surface area contributed by atoms with Crippen molar-refractivity contribution in [2.45, 2.75) is 33.6 Å². The fourth-order valence-corrected chi connectivity index (χ4v) is 3.65. The van der Waals surface area contributed by atoms with Crippen molar-refractivity contribution in [1.82, 2.24) is 0 Å². The van der Waals surface area contributed by atoms with Crippen LogP contribution in [0, 0.1) is 0 Å². The second-order valence-electron chi connectivity index (χ2n) is 5.37. The maximum Gasteiger partial charge on any atom is 0.396 e. The van der Waals surface area contributed by atoms with E-state index in [1.54, 1.807) is 13.8 Å². The molecule has 0 aliphatic heterocycles. The van der Waals surface area contributed by atoms with Gasteiger partial charge >= 0.3 is 7.60 Å². The van der Waals surface area contributed by atoms with E-state index in [1.165, 1.54) is 32.2 Å². The van der Waals surface area contributed by atoms with Gasteiger partial charge in [-0.1, -0.05) is 0 Å². The number of anilines is 1. The number of benzene rings is 1. The van der Waals surface area contributed by atoms with Gasteiger partial charge in [-0.3, -0.25) is 24.2 Å². The van der Waals surface area contributed by atoms with Gasteiger partial charge < -0.3 is 13.8 Å². The first-order valence-corrected chi connectivity index (χ1v) is 9.87. The van der Waals surface area contributed by atoms with E-state index in [9.17, 15) is 24.2 Å². The summed E-state index contributed by atoms with van der Waals surface area (Å²) in [6, 6.07) is 4.12. The summed E-state index contributed by atoms with van der Waals surface area (Å²) in [4.78, 5) is 35.9. The van der Waals surface area contributed by atoms with Crippen LogP contribution >= 0.6 is 7.60 Å². The molecule has 0 heterocycles. The first-order chi connectivity index (χ1) is 12.7. The molecule has 0 aliphatic rings. The Hall–Kier alpha value is -2.06. The Balaban J connectivity index is 2.86. The summed E-state index contributed by atoms with van der Waals surface area (Å²) in [5, 5.41) is 10.4. The second-order valence-corrected chi connectivity index (χ2v) is 7.38. The van der Waals surface area contributed by atoms with Crippen LogP contribution in [0.1, 0.15) is 44.0 Å². The van der Waals surface area contributed by atoms with Gasteiger partial charge in [0.05, 0.1) is 31.6 Å². The Morgan fingerprint density at radius 3 is 2.19 bits per heavy atom. The Morgan fingerprint density at radius 2 is 1.70 bits per heavy atom. The average Bonchev–Trinajstić information content (AvgIpc) is 2.64. The highest BCUT2D eigenvalue weighted by molar-refractivity contribution is 7.71. The van der Waals surface area contributed by atoms with Gasteiger partial charge in [-0.2, -0.15) is 5.06 Å². The molecule has 1 N–H and O–H groups in total. The molecule has 1 amide bonds. The van der Waals surface area contributed by atoms with Crippen LogP contribution in [0.5, 0.6) is 5.75 Å². The van der Waals surface area contributed by atoms with E-state index in [0.29, 0.717) is 10.8 Å². The summed E-state index contributed by atoms with van der Waals surface area (Å²) in [7, 11) is -2.56. The lowest BCUT2D eigenvalue weighted by atomic mass is 10.1. The largest absolute Gasteiger partial charge is 0.496 e. The van der Waals surface area contributed by atoms with Crippen LogP contribution in [-0.2, 0) is 23.2 Å². The van der Waals surface area contributed by atoms with E-state index >= 15 is 0 Å². The van der Waals surface area contributed by atoms with E-state index in [0.717, 1.165) is 0 Å². The molecule has 0 saturated carbocycles. The summed E-state index contributed by atoms with van der Waals surface area (Å²) < 4.78 is 27.2. The predicted octanol–water partition coefficient (Wildman–Crippen LogP) is 3.19. The summed E-state index contributed by atoms with van der Waals surface area (Å²) >= 11 is 0. The van der Waals surface area contributed by atoms with Gasteiger partial charge in [0.2, 0.25) is 5.52 Å². The summed E-state index contributed by atoms with van der Waals surface area (Å²) in [5.41, 5.74) is -0.613. The maximum absolute atomic E-state index is 12.3. The fraction of sp³-hybridized carbons (Fsp3) is 0.471. The number of hydroxylamine groups is 1. The van der Waals surface area contributed by atoms with Crippen LogP contribution in [0.15, 0.2) is 18.2 Å². The van der Waals surface area contributed by atoms with Gasteiger partial charge in [-0.25, -0.2) is 0 Å². The molecular weight excluding hydrogens is 377 g/mol. The Morgan fingerprint density at radius 1 is 1.11 bits per heavy atom. The highest BCUT2D eigenvalue weighted by atomic mass is 31.2. The number of carbonyl (C=O) groups is 3. The molecule has 9 nitrogen and oxygen atoms in total. The molecule has 0 bridgehead atoms. The fourth-order valence-electron chi connectivity index (χ4n) is 2.22. The number of ketones is 1. The van der Waals surface area contributed by atoms with Gasteiger partial charge in [0.15, 0.2) is 5.78 Å². The molecule has 150 valence electrons. The Kier molecular flexibility index (Phi) is 8.78. The zero-order valence-electron chi connectivity index (χ0n) is 15.8. The van der Waals surface area contributed by atoms with E-state index in [2.05, 4.69) is 0 Å². The molecule has 1 aromatic rings. The molecule has 0 atom stereocenters. The van der Waals surface area contributed by atoms with Crippen molar-refractivity contribution in [2.75, 3.05) is 25.4 Å². The number of rotatable bonds is 11. The smallest absolute Gasteiger partial charge is 0.396 e. The first-order valence-electron chi connectivity index (χ1n) is 8.33. The van der Waals surface area contributed by atoms with Crippen LogP contribution in [0.25, 0.3) is 0 Å². The van der Waals surface area contributed by atoms with Gasteiger partial charge in [0, 0.05) is 12.8 Å². The van der Waals surface area contributed by atoms with Crippen LogP contribution < -0.4 is 9.80 Å². The average molecular weight is 401 g/mol. The predicted molar refractivity (Wildman–Crippen MR) is 97.4 cm³/mol. The van der Waals surface area contributed by atoms with E-state index in [-0.39, 0.29) is 30.2 Å². The SMILES string of the molecule is CCOP(=O)(OCC)C(=O)CCC(=O)N(O)c1ccc(OC)c(C(C)=O)c1. The standard InChI is InChI=1S/C17H24NO8P/c1-5-25-27(23,26-6-2)17(21)10-9-16(20)18(22)13-7-8-15(24-4)14(11-13)12(3)19/h7-8,11,22H,5-6,9-10H2,1-4H3. The molecule has 10 heteroatoms. The van der Waals surface area contributed by atoms with Gasteiger partial charge in [0.25, 0.3) is 5.91 Å². The summed E-state index contributed by atoms with van der Waals surface area (Å²) in [6.07, 6.45) is -0.843. The number of amides is 1. The van der Waals surface area contributed by atoms with Crippen molar-refractivity contribution in [3.8, 4) is 5.75 Å². The molecule has 1 aromatic carbocycles. The van der Waals surface area contributed by atoms with Crippen molar-refractivity contribution >= 4 is 30.5 Å². The zero-order valence-corrected chi connectivity index (χ0v) is 16.7. The van der Waals surface area contributed by atoms with Gasteiger partial charge in [-0.15, -0.1) is 0 Å². The molecule has 0 aliphatic carbocycles. The topological polar surface area (TPSA) is 119 Å². The zero-order chi connectivity index (χ0) is 20.6. The molecule has 27 heavy (non-hydrogen) atoms. The highest BCUT2D eigenvalue weighted by Gasteiger charge is 2.34. The molecule has 0 spiro atoms. The number of ether oxygens (including phenoxy) is 1. The van der Waals surface area contributed by atoms with Gasteiger partial charge in [-0.05, 0) is 39.0 Å². The van der Waals surface area contributed by atoms with Crippen molar-refractivity contribution in [1.29, 1.82) is 0 Å². The number of nitrogens with zero attached hydrogens (tertiary/aromatic N) is 1. The minimum Gasteiger partial charge on any atom is -0.496 e. The molecule has 0 unspecified atom stereocenters. The van der Waals surface area contributed by atoms with Crippen molar-refractivity contribution in [3.63, 3.8) is 0 Å². The van der Waals surface area contributed by atoms with E-state index in [1.807, 2.05) is 0 Å². The third-order valence-electron chi connectivity index (χ3n) is 3.50. The lowest BCUT2D eigenvalue weighted by Gasteiger charge is -2.18. The summed E-state index contributed by atoms with van der Waals surface area (Å²) in [5.74, 6) is -0.821. The number of hydrogen-bond acceptors (Lipinski definition) is 8. The van der Waals surface area contributed by atoms with Crippen LogP contribution in [-0.4, -0.2) is 42.7 Å². The number of hydrogen-bond donors (Lipinski definition) is 1. The molecule has 0 fully saturated rings. The summed E-state index contributed by atoms with van der Waals surface area (Å²) in [6.45, 7) is 4.49. The number of carbonyl (C=O) groups excluding carboxylic acids is 3. The second kappa shape index (κ2) is 10.3. The Labute approximate surface area is 157 Å². The molecular formula is C17H24NO8P. The van der Waals surface area contributed by atoms with Gasteiger partial charge in [0.1, 0.15) is 5.75 Å². The van der Waals surface area contributed by atoms with E-state index in [4.69, 9.17) is 13.8 Å². The number of methoxy groups -OCH3 is 1. The molecule has 0 aromatic heterocycles. The van der Waals surface area contributed by atoms with Crippen molar-refractivity contribution < 1.29 is 37.9 Å². The highest BCUT2D eigenvalue weighted by Crippen LogP contribution is 2.50. The van der Waals surface area contributed by atoms with E-state index < -0.39 is 31.9 Å². The quantitative estimate of drug-likeness (QED) is 0.260. The van der Waals surface area contributed by atoms with Crippen molar-refractivity contribution in [2.24, 2.45) is 0 Å². The van der Waals surface area contributed by atoms with Crippen LogP contribution in [0.4, 0.5) is 5.69 Å². The van der Waals surface area contributed by atoms with Crippen LogP contribution in [0.2, 0.25) is 0 Å².